The Kier molecular flexibility index (Phi) is 6.73. The third-order valence-corrected chi connectivity index (χ3v) is 4.10. The smallest absolute Gasteiger partial charge is 0.133 e. The second-order valence-corrected chi connectivity index (χ2v) is 8.32. The average molecular weight is 356 g/mol. The third kappa shape index (κ3) is 7.32. The van der Waals surface area contributed by atoms with Crippen LogP contribution >= 0.6 is 15.9 Å². The summed E-state index contributed by atoms with van der Waals surface area (Å²) in [6.07, 6.45) is 2.25. The van der Waals surface area contributed by atoms with Gasteiger partial charge in [0.15, 0.2) is 0 Å². The monoisotopic (exact) mass is 355 g/mol. The summed E-state index contributed by atoms with van der Waals surface area (Å²) in [5, 5.41) is 3.61. The van der Waals surface area contributed by atoms with E-state index in [-0.39, 0.29) is 5.54 Å². The van der Waals surface area contributed by atoms with Gasteiger partial charge in [0.2, 0.25) is 0 Å². The summed E-state index contributed by atoms with van der Waals surface area (Å²) in [6.45, 7) is 15.0. The third-order valence-electron chi connectivity index (χ3n) is 3.48. The molecule has 3 heteroatoms. The topological polar surface area (TPSA) is 21.3 Å². The van der Waals surface area contributed by atoms with E-state index in [9.17, 15) is 0 Å². The maximum Gasteiger partial charge on any atom is 0.133 e. The van der Waals surface area contributed by atoms with Crippen molar-refractivity contribution in [2.75, 3.05) is 13.2 Å². The fourth-order valence-corrected chi connectivity index (χ4v) is 2.59. The van der Waals surface area contributed by atoms with Gasteiger partial charge in [-0.25, -0.2) is 0 Å². The molecular weight excluding hydrogens is 326 g/mol. The van der Waals surface area contributed by atoms with E-state index in [4.69, 9.17) is 4.74 Å². The number of ether oxygens (including phenoxy) is 1. The Bertz CT molecular complexity index is 449. The Balaban J connectivity index is 2.56. The van der Waals surface area contributed by atoms with Crippen LogP contribution in [0.3, 0.4) is 0 Å². The van der Waals surface area contributed by atoms with E-state index in [1.165, 1.54) is 5.56 Å². The summed E-state index contributed by atoms with van der Waals surface area (Å²) in [5.74, 6) is 0.926. The molecule has 0 aliphatic carbocycles. The molecule has 0 atom stereocenters. The van der Waals surface area contributed by atoms with E-state index in [0.29, 0.717) is 12.0 Å². The molecule has 0 aliphatic heterocycles. The Morgan fingerprint density at radius 1 is 1.14 bits per heavy atom. The lowest BCUT2D eigenvalue weighted by Gasteiger charge is -2.30. The second kappa shape index (κ2) is 7.64. The van der Waals surface area contributed by atoms with Gasteiger partial charge in [-0.1, -0.05) is 19.9 Å². The van der Waals surface area contributed by atoms with E-state index in [1.54, 1.807) is 0 Å². The van der Waals surface area contributed by atoms with Crippen molar-refractivity contribution in [3.8, 4) is 5.75 Å². The summed E-state index contributed by atoms with van der Waals surface area (Å²) < 4.78 is 6.60. The maximum absolute atomic E-state index is 5.56. The van der Waals surface area contributed by atoms with Crippen molar-refractivity contribution in [2.24, 2.45) is 5.41 Å². The number of hydrogen-bond donors (Lipinski definition) is 1. The Morgan fingerprint density at radius 3 is 2.33 bits per heavy atom. The molecule has 21 heavy (non-hydrogen) atoms. The van der Waals surface area contributed by atoms with Gasteiger partial charge in [0.1, 0.15) is 5.75 Å². The van der Waals surface area contributed by atoms with Gasteiger partial charge in [0, 0.05) is 12.1 Å². The zero-order valence-electron chi connectivity index (χ0n) is 14.3. The number of rotatable bonds is 7. The molecule has 0 fully saturated rings. The molecule has 1 aromatic carbocycles. The molecule has 2 nitrogen and oxygen atoms in total. The molecule has 0 saturated heterocycles. The highest BCUT2D eigenvalue weighted by Crippen LogP contribution is 2.28. The number of halogens is 1. The van der Waals surface area contributed by atoms with Crippen LogP contribution < -0.4 is 10.1 Å². The minimum atomic E-state index is 0.180. The van der Waals surface area contributed by atoms with Crippen LogP contribution in [-0.4, -0.2) is 18.7 Å². The van der Waals surface area contributed by atoms with Crippen molar-refractivity contribution in [3.05, 3.63) is 28.2 Å². The van der Waals surface area contributed by atoms with Gasteiger partial charge < -0.3 is 10.1 Å². The largest absolute Gasteiger partial charge is 0.493 e. The lowest BCUT2D eigenvalue weighted by atomic mass is 9.85. The quantitative estimate of drug-likeness (QED) is 0.725. The van der Waals surface area contributed by atoms with Gasteiger partial charge in [-0.2, -0.15) is 0 Å². The van der Waals surface area contributed by atoms with Crippen LogP contribution in [0, 0.1) is 5.41 Å². The van der Waals surface area contributed by atoms with Gasteiger partial charge in [-0.05, 0) is 79.6 Å². The minimum Gasteiger partial charge on any atom is -0.493 e. The minimum absolute atomic E-state index is 0.180. The molecule has 120 valence electrons. The lowest BCUT2D eigenvalue weighted by molar-refractivity contribution is 0.273. The Morgan fingerprint density at radius 2 is 1.81 bits per heavy atom. The van der Waals surface area contributed by atoms with Crippen LogP contribution in [0.25, 0.3) is 0 Å². The first-order chi connectivity index (χ1) is 9.63. The van der Waals surface area contributed by atoms with Crippen LogP contribution in [0.5, 0.6) is 5.75 Å². The molecule has 0 radical (unpaired) electrons. The van der Waals surface area contributed by atoms with Crippen molar-refractivity contribution in [1.82, 2.24) is 5.32 Å². The van der Waals surface area contributed by atoms with Crippen LogP contribution in [0.1, 0.15) is 53.5 Å². The predicted octanol–water partition coefficient (Wildman–Crippen LogP) is 5.19. The predicted molar refractivity (Wildman–Crippen MR) is 95.2 cm³/mol. The van der Waals surface area contributed by atoms with Crippen molar-refractivity contribution >= 4 is 15.9 Å². The van der Waals surface area contributed by atoms with Crippen molar-refractivity contribution in [3.63, 3.8) is 0 Å². The molecule has 0 aromatic heterocycles. The molecule has 0 spiro atoms. The molecule has 1 rings (SSSR count). The maximum atomic E-state index is 5.56. The molecule has 0 heterocycles. The first-order valence-corrected chi connectivity index (χ1v) is 8.58. The van der Waals surface area contributed by atoms with Gasteiger partial charge in [-0.15, -0.1) is 0 Å². The SMILES string of the molecule is CCOc1ccc(CCC(C)(C)CNC(C)(C)C)cc1Br. The van der Waals surface area contributed by atoms with E-state index < -0.39 is 0 Å². The fraction of sp³-hybridized carbons (Fsp3) is 0.667. The zero-order valence-corrected chi connectivity index (χ0v) is 15.9. The molecule has 0 saturated carbocycles. The fourth-order valence-electron chi connectivity index (χ4n) is 2.05. The van der Waals surface area contributed by atoms with Crippen molar-refractivity contribution < 1.29 is 4.74 Å². The van der Waals surface area contributed by atoms with E-state index >= 15 is 0 Å². The summed E-state index contributed by atoms with van der Waals surface area (Å²) in [5.41, 5.74) is 1.83. The summed E-state index contributed by atoms with van der Waals surface area (Å²) in [7, 11) is 0. The number of benzene rings is 1. The highest BCUT2D eigenvalue weighted by molar-refractivity contribution is 9.10. The van der Waals surface area contributed by atoms with Gasteiger partial charge in [-0.3, -0.25) is 0 Å². The molecule has 0 amide bonds. The van der Waals surface area contributed by atoms with Crippen molar-refractivity contribution in [1.29, 1.82) is 0 Å². The molecule has 0 bridgehead atoms. The summed E-state index contributed by atoms with van der Waals surface area (Å²) >= 11 is 3.59. The van der Waals surface area contributed by atoms with Gasteiger partial charge >= 0.3 is 0 Å². The summed E-state index contributed by atoms with van der Waals surface area (Å²) in [4.78, 5) is 0. The number of aryl methyl sites for hydroxylation is 1. The lowest BCUT2D eigenvalue weighted by Crippen LogP contribution is -2.42. The average Bonchev–Trinajstić information content (AvgIpc) is 2.37. The Labute approximate surface area is 138 Å². The highest BCUT2D eigenvalue weighted by Gasteiger charge is 2.20. The first kappa shape index (κ1) is 18.5. The van der Waals surface area contributed by atoms with Crippen LogP contribution in [0.15, 0.2) is 22.7 Å². The molecule has 1 N–H and O–H groups in total. The highest BCUT2D eigenvalue weighted by atomic mass is 79.9. The van der Waals surface area contributed by atoms with Crippen LogP contribution in [0.2, 0.25) is 0 Å². The van der Waals surface area contributed by atoms with Gasteiger partial charge in [0.25, 0.3) is 0 Å². The Hall–Kier alpha value is -0.540. The van der Waals surface area contributed by atoms with E-state index in [0.717, 1.165) is 29.6 Å². The van der Waals surface area contributed by atoms with Crippen LogP contribution in [0.4, 0.5) is 0 Å². The molecular formula is C18H30BrNO. The molecule has 0 unspecified atom stereocenters. The standard InChI is InChI=1S/C18H30BrNO/c1-7-21-16-9-8-14(12-15(16)19)10-11-18(5,6)13-20-17(2,3)4/h8-9,12,20H,7,10-11,13H2,1-6H3. The van der Waals surface area contributed by atoms with Crippen molar-refractivity contribution in [2.45, 2.75) is 59.9 Å². The second-order valence-electron chi connectivity index (χ2n) is 7.47. The molecule has 1 aromatic rings. The van der Waals surface area contributed by atoms with Crippen LogP contribution in [-0.2, 0) is 6.42 Å². The zero-order chi connectivity index (χ0) is 16.1. The number of hydrogen-bond acceptors (Lipinski definition) is 2. The normalized spacial score (nSPS) is 12.5. The first-order valence-electron chi connectivity index (χ1n) is 7.79. The van der Waals surface area contributed by atoms with Gasteiger partial charge in [0.05, 0.1) is 11.1 Å². The molecule has 0 aliphatic rings. The summed E-state index contributed by atoms with van der Waals surface area (Å²) in [6, 6.07) is 6.41. The van der Waals surface area contributed by atoms with E-state index in [1.807, 2.05) is 6.92 Å². The van der Waals surface area contributed by atoms with E-state index in [2.05, 4.69) is 74.1 Å². The number of nitrogens with one attached hydrogen (secondary N) is 1.